The highest BCUT2D eigenvalue weighted by Gasteiger charge is 2.29. The molecule has 2 aromatic carbocycles. The van der Waals surface area contributed by atoms with Gasteiger partial charge in [-0.05, 0) is 75.8 Å². The van der Waals surface area contributed by atoms with Crippen molar-refractivity contribution in [2.24, 2.45) is 0 Å². The molecule has 3 rings (SSSR count). The van der Waals surface area contributed by atoms with Crippen LogP contribution in [-0.2, 0) is 16.1 Å². The van der Waals surface area contributed by atoms with Crippen LogP contribution in [0.4, 0.5) is 0 Å². The second kappa shape index (κ2) is 10.7. The van der Waals surface area contributed by atoms with E-state index in [4.69, 9.17) is 4.74 Å². The summed E-state index contributed by atoms with van der Waals surface area (Å²) in [6, 6.07) is 11.7. The van der Waals surface area contributed by atoms with E-state index in [-0.39, 0.29) is 24.5 Å². The quantitative estimate of drug-likeness (QED) is 0.648. The van der Waals surface area contributed by atoms with E-state index in [1.54, 1.807) is 11.8 Å². The van der Waals surface area contributed by atoms with Gasteiger partial charge in [-0.2, -0.15) is 0 Å². The van der Waals surface area contributed by atoms with E-state index < -0.39 is 6.04 Å². The van der Waals surface area contributed by atoms with E-state index in [9.17, 15) is 9.59 Å². The molecule has 5 nitrogen and oxygen atoms in total. The van der Waals surface area contributed by atoms with Crippen LogP contribution in [0.1, 0.15) is 60.4 Å². The smallest absolute Gasteiger partial charge is 0.261 e. The van der Waals surface area contributed by atoms with E-state index in [0.29, 0.717) is 6.54 Å². The fraction of sp³-hybridized carbons (Fsp3) is 0.481. The van der Waals surface area contributed by atoms with Gasteiger partial charge in [-0.1, -0.05) is 48.7 Å². The molecule has 0 spiro atoms. The predicted octanol–water partition coefficient (Wildman–Crippen LogP) is 4.78. The Morgan fingerprint density at radius 1 is 1.06 bits per heavy atom. The summed E-state index contributed by atoms with van der Waals surface area (Å²) in [6.07, 6.45) is 4.32. The zero-order valence-electron chi connectivity index (χ0n) is 20.0. The summed E-state index contributed by atoms with van der Waals surface area (Å²) < 4.78 is 5.94. The van der Waals surface area contributed by atoms with Gasteiger partial charge in [-0.25, -0.2) is 0 Å². The average molecular weight is 437 g/mol. The molecule has 0 aromatic heterocycles. The number of benzene rings is 2. The molecule has 5 heteroatoms. The Morgan fingerprint density at radius 3 is 2.47 bits per heavy atom. The van der Waals surface area contributed by atoms with Crippen molar-refractivity contribution in [2.45, 2.75) is 78.9 Å². The number of nitrogens with one attached hydrogen (secondary N) is 1. The van der Waals surface area contributed by atoms with Gasteiger partial charge in [0.25, 0.3) is 5.91 Å². The maximum Gasteiger partial charge on any atom is 0.261 e. The number of nitrogens with zero attached hydrogens (tertiary/aromatic N) is 1. The van der Waals surface area contributed by atoms with Gasteiger partial charge in [-0.3, -0.25) is 9.59 Å². The molecule has 0 aliphatic heterocycles. The number of carbonyl (C=O) groups is 2. The van der Waals surface area contributed by atoms with Crippen molar-refractivity contribution in [1.82, 2.24) is 10.2 Å². The summed E-state index contributed by atoms with van der Waals surface area (Å²) in [5.41, 5.74) is 5.38. The van der Waals surface area contributed by atoms with Crippen LogP contribution in [0.25, 0.3) is 0 Å². The van der Waals surface area contributed by atoms with Crippen LogP contribution in [0.5, 0.6) is 5.75 Å². The van der Waals surface area contributed by atoms with Crippen LogP contribution < -0.4 is 10.1 Å². The first-order valence-corrected chi connectivity index (χ1v) is 11.6. The maximum absolute atomic E-state index is 13.3. The minimum absolute atomic E-state index is 0.0968. The highest BCUT2D eigenvalue weighted by molar-refractivity contribution is 5.88. The van der Waals surface area contributed by atoms with Crippen molar-refractivity contribution >= 4 is 11.8 Å². The van der Waals surface area contributed by atoms with Crippen LogP contribution in [0, 0.1) is 27.7 Å². The zero-order valence-corrected chi connectivity index (χ0v) is 20.0. The predicted molar refractivity (Wildman–Crippen MR) is 128 cm³/mol. The molecule has 0 saturated heterocycles. The highest BCUT2D eigenvalue weighted by Crippen LogP contribution is 2.24. The molecule has 172 valence electrons. The fourth-order valence-electron chi connectivity index (χ4n) is 4.35. The van der Waals surface area contributed by atoms with E-state index in [1.165, 1.54) is 0 Å². The van der Waals surface area contributed by atoms with Gasteiger partial charge in [0.1, 0.15) is 11.8 Å². The minimum Gasteiger partial charge on any atom is -0.483 e. The van der Waals surface area contributed by atoms with Gasteiger partial charge >= 0.3 is 0 Å². The molecule has 1 aliphatic rings. The summed E-state index contributed by atoms with van der Waals surface area (Å²) in [6.45, 7) is 10.2. The van der Waals surface area contributed by atoms with E-state index in [0.717, 1.165) is 59.3 Å². The topological polar surface area (TPSA) is 58.6 Å². The third-order valence-corrected chi connectivity index (χ3v) is 6.42. The lowest BCUT2D eigenvalue weighted by atomic mass is 10.1. The maximum atomic E-state index is 13.3. The lowest BCUT2D eigenvalue weighted by Crippen LogP contribution is -2.50. The molecule has 0 bridgehead atoms. The van der Waals surface area contributed by atoms with Gasteiger partial charge in [0, 0.05) is 12.6 Å². The summed E-state index contributed by atoms with van der Waals surface area (Å²) >= 11 is 0. The number of ether oxygens (including phenoxy) is 1. The first-order valence-electron chi connectivity index (χ1n) is 11.6. The molecular weight excluding hydrogens is 400 g/mol. The second-order valence-electron chi connectivity index (χ2n) is 9.17. The molecule has 1 fully saturated rings. The van der Waals surface area contributed by atoms with Crippen molar-refractivity contribution in [3.8, 4) is 5.75 Å². The molecule has 1 atom stereocenters. The summed E-state index contributed by atoms with van der Waals surface area (Å²) in [5, 5.41) is 3.14. The Morgan fingerprint density at radius 2 is 1.78 bits per heavy atom. The Labute approximate surface area is 192 Å². The molecule has 1 saturated carbocycles. The van der Waals surface area contributed by atoms with Crippen LogP contribution in [0.2, 0.25) is 0 Å². The molecule has 1 N–H and O–H groups in total. The van der Waals surface area contributed by atoms with Gasteiger partial charge in [0.15, 0.2) is 6.61 Å². The van der Waals surface area contributed by atoms with E-state index in [2.05, 4.69) is 17.4 Å². The molecule has 0 heterocycles. The number of amides is 2. The standard InChI is InChI=1S/C27H36N2O3/c1-18-9-8-10-23(14-18)16-29(22(5)27(31)28-24-11-6-7-12-24)26(30)17-32-25-15-19(2)13-20(3)21(25)4/h8-10,13-15,22,24H,6-7,11-12,16-17H2,1-5H3,(H,28,31)/t22-/m1/s1. The highest BCUT2D eigenvalue weighted by atomic mass is 16.5. The first kappa shape index (κ1) is 23.8. The normalized spacial score (nSPS) is 14.8. The largest absolute Gasteiger partial charge is 0.483 e. The Balaban J connectivity index is 1.75. The van der Waals surface area contributed by atoms with Gasteiger partial charge in [-0.15, -0.1) is 0 Å². The van der Waals surface area contributed by atoms with Crippen LogP contribution in [0.15, 0.2) is 36.4 Å². The van der Waals surface area contributed by atoms with Gasteiger partial charge in [0.2, 0.25) is 5.91 Å². The third kappa shape index (κ3) is 6.12. The summed E-state index contributed by atoms with van der Waals surface area (Å²) in [5.74, 6) is 0.425. The summed E-state index contributed by atoms with van der Waals surface area (Å²) in [4.78, 5) is 27.9. The molecular formula is C27H36N2O3. The van der Waals surface area contributed by atoms with Crippen LogP contribution in [0.3, 0.4) is 0 Å². The Kier molecular flexibility index (Phi) is 7.94. The molecule has 2 amide bonds. The van der Waals surface area contributed by atoms with Crippen molar-refractivity contribution in [3.05, 3.63) is 64.2 Å². The Bertz CT molecular complexity index is 963. The molecule has 32 heavy (non-hydrogen) atoms. The lowest BCUT2D eigenvalue weighted by Gasteiger charge is -2.30. The molecule has 2 aromatic rings. The first-order chi connectivity index (χ1) is 15.2. The fourth-order valence-corrected chi connectivity index (χ4v) is 4.35. The minimum atomic E-state index is -0.576. The van der Waals surface area contributed by atoms with Crippen molar-refractivity contribution < 1.29 is 14.3 Å². The van der Waals surface area contributed by atoms with Gasteiger partial charge in [0.05, 0.1) is 0 Å². The molecule has 1 aliphatic carbocycles. The monoisotopic (exact) mass is 436 g/mol. The number of carbonyl (C=O) groups excluding carboxylic acids is 2. The average Bonchev–Trinajstić information content (AvgIpc) is 3.26. The summed E-state index contributed by atoms with van der Waals surface area (Å²) in [7, 11) is 0. The number of aryl methyl sites for hydroxylation is 3. The van der Waals surface area contributed by atoms with Crippen LogP contribution in [-0.4, -0.2) is 35.4 Å². The number of rotatable bonds is 8. The van der Waals surface area contributed by atoms with Crippen molar-refractivity contribution in [2.75, 3.05) is 6.61 Å². The number of hydrogen-bond acceptors (Lipinski definition) is 3. The second-order valence-corrected chi connectivity index (χ2v) is 9.17. The van der Waals surface area contributed by atoms with Gasteiger partial charge < -0.3 is 15.0 Å². The van der Waals surface area contributed by atoms with Crippen molar-refractivity contribution in [3.63, 3.8) is 0 Å². The van der Waals surface area contributed by atoms with Crippen LogP contribution >= 0.6 is 0 Å². The Hall–Kier alpha value is -2.82. The zero-order chi connectivity index (χ0) is 23.3. The third-order valence-electron chi connectivity index (χ3n) is 6.42. The lowest BCUT2D eigenvalue weighted by molar-refractivity contribution is -0.142. The molecule has 0 radical (unpaired) electrons. The number of hydrogen-bond donors (Lipinski definition) is 1. The van der Waals surface area contributed by atoms with Crippen molar-refractivity contribution in [1.29, 1.82) is 0 Å². The SMILES string of the molecule is Cc1cccc(CN(C(=O)COc2cc(C)cc(C)c2C)[C@H](C)C(=O)NC2CCCC2)c1. The van der Waals surface area contributed by atoms with E-state index in [1.807, 2.05) is 52.0 Å². The van der Waals surface area contributed by atoms with E-state index >= 15 is 0 Å². The molecule has 0 unspecified atom stereocenters.